The van der Waals surface area contributed by atoms with Gasteiger partial charge in [-0.2, -0.15) is 0 Å². The normalized spacial score (nSPS) is 10.6. The number of carbonyl (C=O) groups excluding carboxylic acids is 1. The molecule has 0 spiro atoms. The Labute approximate surface area is 106 Å². The van der Waals surface area contributed by atoms with Crippen molar-refractivity contribution in [2.45, 2.75) is 0 Å². The number of nitrogens with zero attached hydrogens (tertiary/aromatic N) is 2. The van der Waals surface area contributed by atoms with E-state index >= 15 is 0 Å². The van der Waals surface area contributed by atoms with E-state index < -0.39 is 4.92 Å². The van der Waals surface area contributed by atoms with Crippen LogP contribution in [0.15, 0.2) is 24.3 Å². The molecule has 0 radical (unpaired) electrons. The zero-order chi connectivity index (χ0) is 13.5. The first-order chi connectivity index (χ1) is 8.54. The molecule has 0 aliphatic rings. The smallest absolute Gasteiger partial charge is 0.270 e. The van der Waals surface area contributed by atoms with Crippen LogP contribution in [0.1, 0.15) is 10.4 Å². The summed E-state index contributed by atoms with van der Waals surface area (Å²) in [6.07, 6.45) is 0. The van der Waals surface area contributed by atoms with Gasteiger partial charge in [-0.3, -0.25) is 19.8 Å². The molecule has 0 heterocycles. The van der Waals surface area contributed by atoms with E-state index in [2.05, 4.69) is 5.32 Å². The minimum atomic E-state index is -0.499. The van der Waals surface area contributed by atoms with Crippen molar-refractivity contribution in [3.63, 3.8) is 0 Å². The fourth-order valence-corrected chi connectivity index (χ4v) is 1.51. The number of hydrogen-bond acceptors (Lipinski definition) is 5. The number of benzene rings is 1. The molecular weight excluding hydrogens is 234 g/mol. The minimum absolute atomic E-state index is 0.0567. The van der Waals surface area contributed by atoms with E-state index in [1.807, 2.05) is 19.0 Å². The van der Waals surface area contributed by atoms with Crippen LogP contribution in [0.3, 0.4) is 0 Å². The van der Waals surface area contributed by atoms with Gasteiger partial charge in [-0.15, -0.1) is 0 Å². The van der Waals surface area contributed by atoms with Crippen molar-refractivity contribution >= 4 is 11.5 Å². The monoisotopic (exact) mass is 251 g/mol. The number of nitrogens with one attached hydrogen (secondary N) is 1. The van der Waals surface area contributed by atoms with Gasteiger partial charge in [0.15, 0.2) is 5.78 Å². The second-order valence-electron chi connectivity index (χ2n) is 4.07. The Hall–Kier alpha value is -1.79. The molecule has 0 saturated carbocycles. The van der Waals surface area contributed by atoms with E-state index in [-0.39, 0.29) is 18.0 Å². The van der Waals surface area contributed by atoms with Crippen LogP contribution in [0.4, 0.5) is 5.69 Å². The maximum Gasteiger partial charge on any atom is 0.270 e. The van der Waals surface area contributed by atoms with Crippen molar-refractivity contribution in [1.82, 2.24) is 10.2 Å². The molecule has 1 aromatic carbocycles. The Kier molecular flexibility index (Phi) is 5.41. The average molecular weight is 251 g/mol. The highest BCUT2D eigenvalue weighted by atomic mass is 16.6. The second-order valence-corrected chi connectivity index (χ2v) is 4.07. The highest BCUT2D eigenvalue weighted by Crippen LogP contribution is 2.13. The lowest BCUT2D eigenvalue weighted by molar-refractivity contribution is -0.384. The quantitative estimate of drug-likeness (QED) is 0.443. The van der Waals surface area contributed by atoms with Crippen molar-refractivity contribution in [1.29, 1.82) is 0 Å². The number of hydrogen-bond donors (Lipinski definition) is 1. The summed E-state index contributed by atoms with van der Waals surface area (Å²) in [4.78, 5) is 23.9. The molecule has 0 atom stereocenters. The molecule has 0 aliphatic carbocycles. The first-order valence-electron chi connectivity index (χ1n) is 5.65. The summed E-state index contributed by atoms with van der Waals surface area (Å²) in [5, 5.41) is 13.6. The Balaban J connectivity index is 2.66. The Morgan fingerprint density at radius 1 is 1.50 bits per heavy atom. The number of ketones is 1. The molecule has 6 heteroatoms. The molecule has 0 saturated heterocycles. The van der Waals surface area contributed by atoms with Gasteiger partial charge in [-0.25, -0.2) is 0 Å². The predicted octanol–water partition coefficient (Wildman–Crippen LogP) is 0.929. The van der Waals surface area contributed by atoms with Crippen molar-refractivity contribution in [2.24, 2.45) is 0 Å². The van der Waals surface area contributed by atoms with Crippen molar-refractivity contribution in [3.8, 4) is 0 Å². The van der Waals surface area contributed by atoms with Gasteiger partial charge < -0.3 is 5.32 Å². The van der Waals surface area contributed by atoms with Crippen LogP contribution in [0.5, 0.6) is 0 Å². The molecule has 18 heavy (non-hydrogen) atoms. The molecule has 0 fully saturated rings. The summed E-state index contributed by atoms with van der Waals surface area (Å²) < 4.78 is 0. The third kappa shape index (κ3) is 4.23. The number of rotatable bonds is 7. The molecule has 0 aliphatic heterocycles. The van der Waals surface area contributed by atoms with Gasteiger partial charge >= 0.3 is 0 Å². The van der Waals surface area contributed by atoms with Crippen LogP contribution in [0.25, 0.3) is 0 Å². The third-order valence-electron chi connectivity index (χ3n) is 2.54. The average Bonchev–Trinajstić information content (AvgIpc) is 2.36. The van der Waals surface area contributed by atoms with Crippen molar-refractivity contribution in [2.75, 3.05) is 33.7 Å². The van der Waals surface area contributed by atoms with Crippen molar-refractivity contribution < 1.29 is 9.72 Å². The van der Waals surface area contributed by atoms with Gasteiger partial charge in [0, 0.05) is 30.8 Å². The zero-order valence-corrected chi connectivity index (χ0v) is 10.5. The van der Waals surface area contributed by atoms with Crippen LogP contribution < -0.4 is 5.32 Å². The van der Waals surface area contributed by atoms with Crippen LogP contribution in [0, 0.1) is 10.1 Å². The summed E-state index contributed by atoms with van der Waals surface area (Å²) >= 11 is 0. The fraction of sp³-hybridized carbons (Fsp3) is 0.417. The van der Waals surface area contributed by atoms with E-state index in [0.717, 1.165) is 13.1 Å². The van der Waals surface area contributed by atoms with E-state index in [0.29, 0.717) is 5.56 Å². The van der Waals surface area contributed by atoms with Crippen LogP contribution >= 0.6 is 0 Å². The predicted molar refractivity (Wildman–Crippen MR) is 68.9 cm³/mol. The molecule has 1 aromatic rings. The standard InChI is InChI=1S/C12H17N3O3/c1-13-6-7-14(2)9-12(16)10-4-3-5-11(8-10)15(17)18/h3-5,8,13H,6-7,9H2,1-2H3. The molecule has 0 aromatic heterocycles. The molecule has 0 bridgehead atoms. The highest BCUT2D eigenvalue weighted by molar-refractivity contribution is 5.98. The molecule has 0 unspecified atom stereocenters. The summed E-state index contributed by atoms with van der Waals surface area (Å²) in [6.45, 7) is 1.79. The van der Waals surface area contributed by atoms with E-state index in [4.69, 9.17) is 0 Å². The maximum absolute atomic E-state index is 11.9. The molecule has 1 N–H and O–H groups in total. The number of nitro benzene ring substituents is 1. The van der Waals surface area contributed by atoms with Gasteiger partial charge in [0.05, 0.1) is 11.5 Å². The second kappa shape index (κ2) is 6.83. The number of Topliss-reactive ketones (excluding diaryl/α,β-unsaturated/α-hetero) is 1. The van der Waals surface area contributed by atoms with E-state index in [1.54, 1.807) is 6.07 Å². The maximum atomic E-state index is 11.9. The summed E-state index contributed by atoms with van der Waals surface area (Å²) in [6, 6.07) is 5.82. The summed E-state index contributed by atoms with van der Waals surface area (Å²) in [5.41, 5.74) is 0.319. The number of non-ortho nitro benzene ring substituents is 1. The largest absolute Gasteiger partial charge is 0.318 e. The lowest BCUT2D eigenvalue weighted by Gasteiger charge is -2.15. The van der Waals surface area contributed by atoms with Gasteiger partial charge in [0.25, 0.3) is 5.69 Å². The Morgan fingerprint density at radius 3 is 2.83 bits per heavy atom. The van der Waals surface area contributed by atoms with Crippen molar-refractivity contribution in [3.05, 3.63) is 39.9 Å². The summed E-state index contributed by atoms with van der Waals surface area (Å²) in [7, 11) is 3.68. The number of likely N-dealkylation sites (N-methyl/N-ethyl adjacent to an activating group) is 2. The highest BCUT2D eigenvalue weighted by Gasteiger charge is 2.12. The number of carbonyl (C=O) groups is 1. The van der Waals surface area contributed by atoms with Gasteiger partial charge in [0.2, 0.25) is 0 Å². The van der Waals surface area contributed by atoms with Gasteiger partial charge in [-0.1, -0.05) is 12.1 Å². The Morgan fingerprint density at radius 2 is 2.22 bits per heavy atom. The lowest BCUT2D eigenvalue weighted by atomic mass is 10.1. The Bertz CT molecular complexity index is 434. The number of nitro groups is 1. The van der Waals surface area contributed by atoms with Crippen LogP contribution in [-0.2, 0) is 0 Å². The van der Waals surface area contributed by atoms with Crippen LogP contribution in [-0.4, -0.2) is 49.3 Å². The first-order valence-corrected chi connectivity index (χ1v) is 5.65. The first kappa shape index (κ1) is 14.3. The molecule has 0 amide bonds. The van der Waals surface area contributed by atoms with E-state index in [1.165, 1.54) is 18.2 Å². The molecule has 98 valence electrons. The van der Waals surface area contributed by atoms with Gasteiger partial charge in [0.1, 0.15) is 0 Å². The summed E-state index contributed by atoms with van der Waals surface area (Å²) in [5.74, 6) is -0.114. The fourth-order valence-electron chi connectivity index (χ4n) is 1.51. The van der Waals surface area contributed by atoms with Gasteiger partial charge in [-0.05, 0) is 14.1 Å². The minimum Gasteiger partial charge on any atom is -0.318 e. The topological polar surface area (TPSA) is 75.5 Å². The SMILES string of the molecule is CNCCN(C)CC(=O)c1cccc([N+](=O)[O-])c1. The molecular formula is C12H17N3O3. The third-order valence-corrected chi connectivity index (χ3v) is 2.54. The lowest BCUT2D eigenvalue weighted by Crippen LogP contribution is -2.31. The van der Waals surface area contributed by atoms with E-state index in [9.17, 15) is 14.9 Å². The zero-order valence-electron chi connectivity index (χ0n) is 10.5. The molecule has 1 rings (SSSR count). The van der Waals surface area contributed by atoms with Crippen LogP contribution in [0.2, 0.25) is 0 Å². The molecule has 6 nitrogen and oxygen atoms in total.